The minimum atomic E-state index is -1.01. The van der Waals surface area contributed by atoms with Crippen LogP contribution >= 0.6 is 0 Å². The van der Waals surface area contributed by atoms with Crippen molar-refractivity contribution >= 4 is 0 Å². The second kappa shape index (κ2) is 4.96. The summed E-state index contributed by atoms with van der Waals surface area (Å²) in [7, 11) is 1.58. The third-order valence-electron chi connectivity index (χ3n) is 4.53. The highest BCUT2D eigenvalue weighted by atomic mass is 16.5. The van der Waals surface area contributed by atoms with Crippen LogP contribution in [0.4, 0.5) is 0 Å². The molecule has 1 atom stereocenters. The fraction of sp³-hybridized carbons (Fsp3) is 0.929. The van der Waals surface area contributed by atoms with E-state index in [1.54, 1.807) is 7.11 Å². The Morgan fingerprint density at radius 3 is 2.18 bits per heavy atom. The zero-order chi connectivity index (χ0) is 13.2. The number of nitrogens with zero attached hydrogens (tertiary/aromatic N) is 1. The summed E-state index contributed by atoms with van der Waals surface area (Å²) in [6.45, 7) is 6.64. The summed E-state index contributed by atoms with van der Waals surface area (Å²) in [5.41, 5.74) is -1.34. The van der Waals surface area contributed by atoms with Gasteiger partial charge in [0.05, 0.1) is 18.1 Å². The molecule has 1 fully saturated rings. The van der Waals surface area contributed by atoms with Gasteiger partial charge in [-0.2, -0.15) is 5.26 Å². The van der Waals surface area contributed by atoms with Gasteiger partial charge in [-0.25, -0.2) is 0 Å². The molecule has 0 radical (unpaired) electrons. The van der Waals surface area contributed by atoms with Gasteiger partial charge in [-0.3, -0.25) is 0 Å². The van der Waals surface area contributed by atoms with E-state index in [0.29, 0.717) is 11.8 Å². The van der Waals surface area contributed by atoms with Gasteiger partial charge in [0.25, 0.3) is 0 Å². The van der Waals surface area contributed by atoms with Gasteiger partial charge in [-0.1, -0.05) is 20.8 Å². The van der Waals surface area contributed by atoms with Crippen LogP contribution in [0.25, 0.3) is 0 Å². The van der Waals surface area contributed by atoms with Crippen LogP contribution in [-0.2, 0) is 4.74 Å². The first-order chi connectivity index (χ1) is 7.85. The van der Waals surface area contributed by atoms with Crippen molar-refractivity contribution in [3.05, 3.63) is 0 Å². The highest BCUT2D eigenvalue weighted by Crippen LogP contribution is 2.51. The molecule has 1 rings (SSSR count). The first kappa shape index (κ1) is 14.5. The first-order valence-electron chi connectivity index (χ1n) is 6.47. The molecule has 1 aliphatic carbocycles. The van der Waals surface area contributed by atoms with Gasteiger partial charge in [-0.15, -0.1) is 0 Å². The molecule has 0 aromatic rings. The summed E-state index contributed by atoms with van der Waals surface area (Å²) in [4.78, 5) is 0. The van der Waals surface area contributed by atoms with Crippen molar-refractivity contribution in [2.75, 3.05) is 13.7 Å². The van der Waals surface area contributed by atoms with E-state index in [1.807, 2.05) is 6.92 Å². The van der Waals surface area contributed by atoms with E-state index in [-0.39, 0.29) is 6.61 Å². The molecule has 0 saturated heterocycles. The largest absolute Gasteiger partial charge is 0.386 e. The first-order valence-corrected chi connectivity index (χ1v) is 6.47. The van der Waals surface area contributed by atoms with Gasteiger partial charge in [0.1, 0.15) is 5.60 Å². The molecule has 3 heteroatoms. The fourth-order valence-electron chi connectivity index (χ4n) is 2.85. The second-order valence-corrected chi connectivity index (χ2v) is 6.18. The van der Waals surface area contributed by atoms with Crippen molar-refractivity contribution in [1.82, 2.24) is 0 Å². The maximum atomic E-state index is 10.7. The standard InChI is InChI=1S/C14H25NO2/c1-5-14(16,11-17-4)13(10-15)8-6-12(2,3)7-9-13/h16H,5-9,11H2,1-4H3. The van der Waals surface area contributed by atoms with Crippen molar-refractivity contribution in [1.29, 1.82) is 5.26 Å². The van der Waals surface area contributed by atoms with Crippen LogP contribution in [0.3, 0.4) is 0 Å². The molecule has 0 amide bonds. The van der Waals surface area contributed by atoms with Crippen LogP contribution < -0.4 is 0 Å². The Bertz CT molecular complexity index is 296. The van der Waals surface area contributed by atoms with E-state index in [9.17, 15) is 10.4 Å². The quantitative estimate of drug-likeness (QED) is 0.820. The Hall–Kier alpha value is -0.590. The number of nitriles is 1. The molecule has 0 aliphatic heterocycles. The molecule has 0 bridgehead atoms. The maximum Gasteiger partial charge on any atom is 0.106 e. The van der Waals surface area contributed by atoms with Crippen molar-refractivity contribution in [3.8, 4) is 6.07 Å². The number of ether oxygens (including phenoxy) is 1. The number of rotatable bonds is 4. The average molecular weight is 239 g/mol. The van der Waals surface area contributed by atoms with E-state index < -0.39 is 11.0 Å². The number of hydrogen-bond donors (Lipinski definition) is 1. The summed E-state index contributed by atoms with van der Waals surface area (Å²) in [6.07, 6.45) is 4.09. The van der Waals surface area contributed by atoms with Crippen molar-refractivity contribution in [2.24, 2.45) is 10.8 Å². The highest BCUT2D eigenvalue weighted by molar-refractivity contribution is 5.13. The normalized spacial score (nSPS) is 25.9. The Kier molecular flexibility index (Phi) is 4.22. The molecule has 98 valence electrons. The van der Waals surface area contributed by atoms with Gasteiger partial charge in [0.15, 0.2) is 0 Å². The van der Waals surface area contributed by atoms with Crippen LogP contribution in [0.2, 0.25) is 0 Å². The highest BCUT2D eigenvalue weighted by Gasteiger charge is 2.52. The smallest absolute Gasteiger partial charge is 0.106 e. The van der Waals surface area contributed by atoms with Crippen molar-refractivity contribution in [3.63, 3.8) is 0 Å². The number of aliphatic hydroxyl groups is 1. The molecule has 0 spiro atoms. The van der Waals surface area contributed by atoms with Crippen LogP contribution in [0.1, 0.15) is 52.9 Å². The van der Waals surface area contributed by atoms with Crippen molar-refractivity contribution < 1.29 is 9.84 Å². The SMILES string of the molecule is CCC(O)(COC)C1(C#N)CCC(C)(C)CC1. The Labute approximate surface area is 105 Å². The van der Waals surface area contributed by atoms with E-state index >= 15 is 0 Å². The monoisotopic (exact) mass is 239 g/mol. The van der Waals surface area contributed by atoms with Crippen LogP contribution in [-0.4, -0.2) is 24.4 Å². The van der Waals surface area contributed by atoms with E-state index in [0.717, 1.165) is 25.7 Å². The van der Waals surface area contributed by atoms with E-state index in [4.69, 9.17) is 4.74 Å². The summed E-state index contributed by atoms with van der Waals surface area (Å²) in [5, 5.41) is 20.3. The molecule has 0 aromatic carbocycles. The van der Waals surface area contributed by atoms with Gasteiger partial charge < -0.3 is 9.84 Å². The third kappa shape index (κ3) is 2.64. The minimum absolute atomic E-state index is 0.248. The lowest BCUT2D eigenvalue weighted by atomic mass is 9.58. The van der Waals surface area contributed by atoms with Gasteiger partial charge >= 0.3 is 0 Å². The topological polar surface area (TPSA) is 53.2 Å². The Morgan fingerprint density at radius 2 is 1.82 bits per heavy atom. The van der Waals surface area contributed by atoms with Gasteiger partial charge in [0, 0.05) is 7.11 Å². The average Bonchev–Trinajstić information content (AvgIpc) is 2.30. The van der Waals surface area contributed by atoms with Crippen LogP contribution in [0.5, 0.6) is 0 Å². The van der Waals surface area contributed by atoms with E-state index in [1.165, 1.54) is 0 Å². The van der Waals surface area contributed by atoms with Gasteiger partial charge in [-0.05, 0) is 37.5 Å². The lowest BCUT2D eigenvalue weighted by Crippen LogP contribution is -2.52. The van der Waals surface area contributed by atoms with Crippen LogP contribution in [0, 0.1) is 22.2 Å². The summed E-state index contributed by atoms with van der Waals surface area (Å²) < 4.78 is 5.13. The molecule has 0 heterocycles. The molecular formula is C14H25NO2. The molecule has 1 aliphatic rings. The second-order valence-electron chi connectivity index (χ2n) is 6.18. The van der Waals surface area contributed by atoms with Gasteiger partial charge in [0.2, 0.25) is 0 Å². The zero-order valence-electron chi connectivity index (χ0n) is 11.5. The third-order valence-corrected chi connectivity index (χ3v) is 4.53. The summed E-state index contributed by atoms with van der Waals surface area (Å²) in [5.74, 6) is 0. The Morgan fingerprint density at radius 1 is 1.29 bits per heavy atom. The number of hydrogen-bond acceptors (Lipinski definition) is 3. The predicted molar refractivity (Wildman–Crippen MR) is 67.4 cm³/mol. The zero-order valence-corrected chi connectivity index (χ0v) is 11.5. The maximum absolute atomic E-state index is 10.7. The summed E-state index contributed by atoms with van der Waals surface area (Å²) in [6, 6.07) is 2.40. The Balaban J connectivity index is 2.94. The molecule has 3 nitrogen and oxygen atoms in total. The molecule has 1 N–H and O–H groups in total. The minimum Gasteiger partial charge on any atom is -0.386 e. The lowest BCUT2D eigenvalue weighted by molar-refractivity contribution is -0.125. The number of methoxy groups -OCH3 is 1. The molecule has 0 aromatic heterocycles. The van der Waals surface area contributed by atoms with E-state index in [2.05, 4.69) is 19.9 Å². The van der Waals surface area contributed by atoms with Crippen LogP contribution in [0.15, 0.2) is 0 Å². The molecular weight excluding hydrogens is 214 g/mol. The summed E-state index contributed by atoms with van der Waals surface area (Å²) >= 11 is 0. The molecule has 1 unspecified atom stereocenters. The predicted octanol–water partition coefficient (Wildman–Crippen LogP) is 2.88. The lowest BCUT2D eigenvalue weighted by Gasteiger charge is -2.48. The molecule has 17 heavy (non-hydrogen) atoms. The fourth-order valence-corrected chi connectivity index (χ4v) is 2.85. The molecule has 1 saturated carbocycles. The van der Waals surface area contributed by atoms with Crippen molar-refractivity contribution in [2.45, 2.75) is 58.5 Å².